The van der Waals surface area contributed by atoms with Crippen molar-refractivity contribution in [1.82, 2.24) is 5.32 Å². The number of rotatable bonds is 8. The Morgan fingerprint density at radius 1 is 1.32 bits per heavy atom. The number of carbonyl (C=O) groups excluding carboxylic acids is 2. The first-order valence-corrected chi connectivity index (χ1v) is 7.12. The molecule has 0 saturated heterocycles. The predicted octanol–water partition coefficient (Wildman–Crippen LogP) is 2.90. The molecule has 0 fully saturated rings. The zero-order chi connectivity index (χ0) is 14.1. The van der Waals surface area contributed by atoms with Crippen LogP contribution < -0.4 is 5.32 Å². The lowest BCUT2D eigenvalue weighted by molar-refractivity contribution is -0.143. The van der Waals surface area contributed by atoms with Crippen LogP contribution in [-0.2, 0) is 9.53 Å². The molecule has 0 aromatic carbocycles. The van der Waals surface area contributed by atoms with Gasteiger partial charge in [0.05, 0.1) is 6.61 Å². The van der Waals surface area contributed by atoms with E-state index in [1.165, 1.54) is 0 Å². The van der Waals surface area contributed by atoms with Gasteiger partial charge in [-0.3, -0.25) is 9.59 Å². The van der Waals surface area contributed by atoms with Gasteiger partial charge in [-0.2, -0.15) is 0 Å². The molecule has 1 aromatic heterocycles. The topological polar surface area (TPSA) is 68.5 Å². The number of hydrogen-bond donors (Lipinski definition) is 1. The van der Waals surface area contributed by atoms with Crippen LogP contribution in [0.5, 0.6) is 0 Å². The Labute approximate surface area is 120 Å². The van der Waals surface area contributed by atoms with E-state index in [4.69, 9.17) is 9.15 Å². The van der Waals surface area contributed by atoms with E-state index in [-0.39, 0.29) is 11.9 Å². The van der Waals surface area contributed by atoms with Crippen LogP contribution in [0.2, 0.25) is 0 Å². The lowest BCUT2D eigenvalue weighted by atomic mass is 10.2. The second-order valence-corrected chi connectivity index (χ2v) is 4.76. The number of hydrogen-bond acceptors (Lipinski definition) is 4. The third-order valence-electron chi connectivity index (χ3n) is 2.45. The number of amides is 1. The van der Waals surface area contributed by atoms with Gasteiger partial charge in [0.25, 0.3) is 5.91 Å². The number of carbonyl (C=O) groups is 2. The minimum absolute atomic E-state index is 0.160. The largest absolute Gasteiger partial charge is 0.466 e. The van der Waals surface area contributed by atoms with Crippen LogP contribution in [0.4, 0.5) is 0 Å². The summed E-state index contributed by atoms with van der Waals surface area (Å²) in [6, 6.07) is 3.29. The number of unbranched alkanes of at least 4 members (excludes halogenated alkanes) is 2. The first-order chi connectivity index (χ1) is 9.13. The highest BCUT2D eigenvalue weighted by Crippen LogP contribution is 2.13. The molecule has 1 aromatic rings. The van der Waals surface area contributed by atoms with E-state index >= 15 is 0 Å². The first kappa shape index (κ1) is 15.8. The van der Waals surface area contributed by atoms with Crippen molar-refractivity contribution in [2.45, 2.75) is 32.6 Å². The second-order valence-electron chi connectivity index (χ2n) is 3.98. The van der Waals surface area contributed by atoms with E-state index in [0.717, 1.165) is 19.3 Å². The molecular weight excluding hydrogens is 314 g/mol. The highest BCUT2D eigenvalue weighted by molar-refractivity contribution is 9.10. The van der Waals surface area contributed by atoms with Crippen LogP contribution in [-0.4, -0.2) is 25.0 Å². The third-order valence-corrected chi connectivity index (χ3v) is 2.87. The highest BCUT2D eigenvalue weighted by Gasteiger charge is 2.09. The summed E-state index contributed by atoms with van der Waals surface area (Å²) in [6.45, 7) is 2.79. The van der Waals surface area contributed by atoms with Gasteiger partial charge in [0.15, 0.2) is 10.4 Å². The van der Waals surface area contributed by atoms with Crippen molar-refractivity contribution >= 4 is 27.8 Å². The van der Waals surface area contributed by atoms with Gasteiger partial charge in [-0.1, -0.05) is 6.42 Å². The molecule has 0 radical (unpaired) electrons. The van der Waals surface area contributed by atoms with Gasteiger partial charge < -0.3 is 14.5 Å². The van der Waals surface area contributed by atoms with Crippen LogP contribution in [0.3, 0.4) is 0 Å². The molecule has 19 heavy (non-hydrogen) atoms. The van der Waals surface area contributed by atoms with E-state index < -0.39 is 0 Å². The van der Waals surface area contributed by atoms with Crippen LogP contribution in [0.1, 0.15) is 43.2 Å². The first-order valence-electron chi connectivity index (χ1n) is 6.32. The van der Waals surface area contributed by atoms with Crippen LogP contribution in [0.15, 0.2) is 21.2 Å². The summed E-state index contributed by atoms with van der Waals surface area (Å²) >= 11 is 3.14. The van der Waals surface area contributed by atoms with E-state index in [2.05, 4.69) is 21.2 Å². The maximum Gasteiger partial charge on any atom is 0.305 e. The fourth-order valence-corrected chi connectivity index (χ4v) is 1.84. The van der Waals surface area contributed by atoms with E-state index in [9.17, 15) is 9.59 Å². The predicted molar refractivity (Wildman–Crippen MR) is 73.8 cm³/mol. The monoisotopic (exact) mass is 331 g/mol. The van der Waals surface area contributed by atoms with Crippen LogP contribution in [0.25, 0.3) is 0 Å². The molecular formula is C13H18BrNO4. The summed E-state index contributed by atoms with van der Waals surface area (Å²) in [5, 5.41) is 2.76. The minimum Gasteiger partial charge on any atom is -0.466 e. The molecule has 6 heteroatoms. The highest BCUT2D eigenvalue weighted by atomic mass is 79.9. The maximum absolute atomic E-state index is 11.6. The summed E-state index contributed by atoms with van der Waals surface area (Å²) in [7, 11) is 0. The standard InChI is InChI=1S/C13H18BrNO4/c1-2-18-12(16)6-4-3-5-9-15-13(17)10-7-8-11(14)19-10/h7-8H,2-6,9H2,1H3,(H,15,17). The number of esters is 1. The Balaban J connectivity index is 2.05. The molecule has 1 rings (SSSR count). The summed E-state index contributed by atoms with van der Waals surface area (Å²) < 4.78 is 10.5. The lowest BCUT2D eigenvalue weighted by Gasteiger charge is -2.03. The van der Waals surface area contributed by atoms with Gasteiger partial charge in [0.2, 0.25) is 0 Å². The minimum atomic E-state index is -0.226. The number of ether oxygens (including phenoxy) is 1. The van der Waals surface area contributed by atoms with E-state index in [1.807, 2.05) is 0 Å². The Kier molecular flexibility index (Phi) is 7.25. The van der Waals surface area contributed by atoms with Gasteiger partial charge >= 0.3 is 5.97 Å². The summed E-state index contributed by atoms with van der Waals surface area (Å²) in [5.74, 6) is -0.0959. The fraction of sp³-hybridized carbons (Fsp3) is 0.538. The van der Waals surface area contributed by atoms with E-state index in [0.29, 0.717) is 30.0 Å². The number of nitrogens with one attached hydrogen (secondary N) is 1. The van der Waals surface area contributed by atoms with Crippen molar-refractivity contribution in [3.8, 4) is 0 Å². The summed E-state index contributed by atoms with van der Waals surface area (Å²) in [6.07, 6.45) is 2.92. The van der Waals surface area contributed by atoms with Crippen molar-refractivity contribution < 1.29 is 18.7 Å². The average Bonchev–Trinajstić information content (AvgIpc) is 2.80. The average molecular weight is 332 g/mol. The molecule has 0 spiro atoms. The third kappa shape index (κ3) is 6.42. The van der Waals surface area contributed by atoms with Crippen LogP contribution in [0, 0.1) is 0 Å². The molecule has 0 bridgehead atoms. The van der Waals surface area contributed by atoms with Gasteiger partial charge in [-0.25, -0.2) is 0 Å². The molecule has 0 saturated carbocycles. The summed E-state index contributed by atoms with van der Waals surface area (Å²) in [4.78, 5) is 22.6. The van der Waals surface area contributed by atoms with Gasteiger partial charge in [0, 0.05) is 13.0 Å². The van der Waals surface area contributed by atoms with Crippen LogP contribution >= 0.6 is 15.9 Å². The Morgan fingerprint density at radius 3 is 2.74 bits per heavy atom. The summed E-state index contributed by atoms with van der Waals surface area (Å²) in [5.41, 5.74) is 0. The van der Waals surface area contributed by atoms with Crippen molar-refractivity contribution in [3.05, 3.63) is 22.6 Å². The van der Waals surface area contributed by atoms with Crippen molar-refractivity contribution in [3.63, 3.8) is 0 Å². The Hall–Kier alpha value is -1.30. The molecule has 0 unspecified atom stereocenters. The zero-order valence-electron chi connectivity index (χ0n) is 10.9. The molecule has 0 atom stereocenters. The second kappa shape index (κ2) is 8.74. The number of halogens is 1. The van der Waals surface area contributed by atoms with Crippen molar-refractivity contribution in [1.29, 1.82) is 0 Å². The van der Waals surface area contributed by atoms with Crippen molar-refractivity contribution in [2.24, 2.45) is 0 Å². The SMILES string of the molecule is CCOC(=O)CCCCCNC(=O)c1ccc(Br)o1. The van der Waals surface area contributed by atoms with Gasteiger partial charge in [-0.05, 0) is 47.8 Å². The smallest absolute Gasteiger partial charge is 0.305 e. The van der Waals surface area contributed by atoms with Crippen molar-refractivity contribution in [2.75, 3.05) is 13.2 Å². The Bertz CT molecular complexity index is 417. The molecule has 1 amide bonds. The van der Waals surface area contributed by atoms with Gasteiger partial charge in [0.1, 0.15) is 0 Å². The van der Waals surface area contributed by atoms with Gasteiger partial charge in [-0.15, -0.1) is 0 Å². The lowest BCUT2D eigenvalue weighted by Crippen LogP contribution is -2.23. The molecule has 0 aliphatic rings. The van der Waals surface area contributed by atoms with E-state index in [1.54, 1.807) is 19.1 Å². The maximum atomic E-state index is 11.6. The number of furan rings is 1. The Morgan fingerprint density at radius 2 is 2.11 bits per heavy atom. The quantitative estimate of drug-likeness (QED) is 0.587. The molecule has 1 N–H and O–H groups in total. The molecule has 0 aliphatic heterocycles. The fourth-order valence-electron chi connectivity index (χ4n) is 1.53. The molecule has 1 heterocycles. The zero-order valence-corrected chi connectivity index (χ0v) is 12.5. The molecule has 0 aliphatic carbocycles. The normalized spacial score (nSPS) is 10.2. The molecule has 5 nitrogen and oxygen atoms in total. The molecule has 106 valence electrons.